The van der Waals surface area contributed by atoms with Crippen LogP contribution < -0.4 is 5.73 Å². The zero-order chi connectivity index (χ0) is 15.2. The highest BCUT2D eigenvalue weighted by atomic mass is 16.5. The van der Waals surface area contributed by atoms with Crippen molar-refractivity contribution >= 4 is 5.97 Å². The average molecular weight is 290 g/mol. The number of benzene rings is 1. The van der Waals surface area contributed by atoms with Gasteiger partial charge in [0.1, 0.15) is 6.61 Å². The van der Waals surface area contributed by atoms with E-state index in [2.05, 4.69) is 11.8 Å². The highest BCUT2D eigenvalue weighted by molar-refractivity contribution is 5.72. The Kier molecular flexibility index (Phi) is 5.76. The summed E-state index contributed by atoms with van der Waals surface area (Å²) in [5, 5.41) is 0. The lowest BCUT2D eigenvalue weighted by molar-refractivity contribution is -0.150. The zero-order valence-electron chi connectivity index (χ0n) is 13.0. The molecule has 3 atom stereocenters. The Bertz CT molecular complexity index is 449. The topological polar surface area (TPSA) is 55.6 Å². The molecule has 0 spiro atoms. The molecule has 2 rings (SSSR count). The molecule has 1 aromatic rings. The summed E-state index contributed by atoms with van der Waals surface area (Å²) in [6.45, 7) is 7.09. The first kappa shape index (κ1) is 16.0. The van der Waals surface area contributed by atoms with Crippen LogP contribution in [0.5, 0.6) is 0 Å². The third kappa shape index (κ3) is 4.83. The molecule has 4 heteroatoms. The lowest BCUT2D eigenvalue weighted by Gasteiger charge is -2.35. The number of piperidine rings is 1. The van der Waals surface area contributed by atoms with E-state index in [1.54, 1.807) is 0 Å². The van der Waals surface area contributed by atoms with Crippen LogP contribution in [-0.2, 0) is 16.1 Å². The van der Waals surface area contributed by atoms with Gasteiger partial charge < -0.3 is 15.4 Å². The summed E-state index contributed by atoms with van der Waals surface area (Å²) < 4.78 is 5.38. The van der Waals surface area contributed by atoms with E-state index >= 15 is 0 Å². The predicted octanol–water partition coefficient (Wildman–Crippen LogP) is 2.03. The maximum absolute atomic E-state index is 12.1. The van der Waals surface area contributed by atoms with Crippen LogP contribution >= 0.6 is 0 Å². The van der Waals surface area contributed by atoms with Gasteiger partial charge in [-0.3, -0.25) is 4.79 Å². The van der Waals surface area contributed by atoms with Gasteiger partial charge in [-0.2, -0.15) is 0 Å². The smallest absolute Gasteiger partial charge is 0.310 e. The Labute approximate surface area is 127 Å². The molecule has 0 saturated carbocycles. The largest absolute Gasteiger partial charge is 0.461 e. The minimum absolute atomic E-state index is 0.116. The summed E-state index contributed by atoms with van der Waals surface area (Å²) in [6, 6.07) is 9.98. The summed E-state index contributed by atoms with van der Waals surface area (Å²) in [5.74, 6) is 0.321. The Morgan fingerprint density at radius 1 is 1.43 bits per heavy atom. The fourth-order valence-corrected chi connectivity index (χ4v) is 2.67. The Hall–Kier alpha value is -1.39. The third-order valence-electron chi connectivity index (χ3n) is 4.26. The summed E-state index contributed by atoms with van der Waals surface area (Å²) in [5.41, 5.74) is 7.12. The number of likely N-dealkylation sites (tertiary alicyclic amines) is 1. The summed E-state index contributed by atoms with van der Waals surface area (Å²) in [7, 11) is 0. The maximum atomic E-state index is 12.1. The minimum Gasteiger partial charge on any atom is -0.461 e. The standard InChI is InChI=1S/C17H26N2O2/c1-13-8-9-19(11-16(13)18)10-14(2)17(20)21-12-15-6-4-3-5-7-15/h3-7,13-14,16H,8-12,18H2,1-2H3. The van der Waals surface area contributed by atoms with Gasteiger partial charge in [-0.25, -0.2) is 0 Å². The second-order valence-corrected chi connectivity index (χ2v) is 6.18. The molecule has 1 saturated heterocycles. The number of carbonyl (C=O) groups excluding carboxylic acids is 1. The van der Waals surface area contributed by atoms with Crippen molar-refractivity contribution in [3.8, 4) is 0 Å². The second-order valence-electron chi connectivity index (χ2n) is 6.18. The van der Waals surface area contributed by atoms with Crippen molar-refractivity contribution in [2.45, 2.75) is 32.9 Å². The van der Waals surface area contributed by atoms with E-state index in [-0.39, 0.29) is 17.9 Å². The number of rotatable bonds is 5. The van der Waals surface area contributed by atoms with Crippen LogP contribution in [0.4, 0.5) is 0 Å². The van der Waals surface area contributed by atoms with Crippen LogP contribution in [0.2, 0.25) is 0 Å². The lowest BCUT2D eigenvalue weighted by Crippen LogP contribution is -2.49. The first-order chi connectivity index (χ1) is 10.1. The van der Waals surface area contributed by atoms with Crippen molar-refractivity contribution in [3.05, 3.63) is 35.9 Å². The van der Waals surface area contributed by atoms with Crippen LogP contribution in [0, 0.1) is 11.8 Å². The number of nitrogens with two attached hydrogens (primary N) is 1. The highest BCUT2D eigenvalue weighted by Crippen LogP contribution is 2.17. The highest BCUT2D eigenvalue weighted by Gasteiger charge is 2.26. The van der Waals surface area contributed by atoms with Crippen molar-refractivity contribution < 1.29 is 9.53 Å². The van der Waals surface area contributed by atoms with Crippen molar-refractivity contribution in [3.63, 3.8) is 0 Å². The van der Waals surface area contributed by atoms with Crippen LogP contribution in [0.3, 0.4) is 0 Å². The molecule has 1 aliphatic heterocycles. The second kappa shape index (κ2) is 7.57. The van der Waals surface area contributed by atoms with Crippen LogP contribution in [-0.4, -0.2) is 36.5 Å². The van der Waals surface area contributed by atoms with Crippen LogP contribution in [0.25, 0.3) is 0 Å². The van der Waals surface area contributed by atoms with E-state index in [1.165, 1.54) is 0 Å². The van der Waals surface area contributed by atoms with E-state index < -0.39 is 0 Å². The van der Waals surface area contributed by atoms with Gasteiger partial charge in [0.2, 0.25) is 0 Å². The molecule has 0 radical (unpaired) electrons. The molecule has 0 bridgehead atoms. The molecule has 1 fully saturated rings. The molecule has 4 nitrogen and oxygen atoms in total. The van der Waals surface area contributed by atoms with E-state index in [4.69, 9.17) is 10.5 Å². The molecule has 1 aromatic carbocycles. The molecular formula is C17H26N2O2. The number of hydrogen-bond donors (Lipinski definition) is 1. The normalized spacial score (nSPS) is 24.5. The first-order valence-corrected chi connectivity index (χ1v) is 7.74. The zero-order valence-corrected chi connectivity index (χ0v) is 13.0. The molecule has 116 valence electrons. The number of ether oxygens (including phenoxy) is 1. The fourth-order valence-electron chi connectivity index (χ4n) is 2.67. The fraction of sp³-hybridized carbons (Fsp3) is 0.588. The van der Waals surface area contributed by atoms with Gasteiger partial charge in [-0.05, 0) is 24.4 Å². The average Bonchev–Trinajstić information content (AvgIpc) is 2.49. The van der Waals surface area contributed by atoms with Gasteiger partial charge in [-0.1, -0.05) is 44.2 Å². The molecule has 1 aliphatic rings. The van der Waals surface area contributed by atoms with Gasteiger partial charge in [0.25, 0.3) is 0 Å². The minimum atomic E-state index is -0.133. The monoisotopic (exact) mass is 290 g/mol. The number of nitrogens with zero attached hydrogens (tertiary/aromatic N) is 1. The van der Waals surface area contributed by atoms with Crippen molar-refractivity contribution in [2.75, 3.05) is 19.6 Å². The Balaban J connectivity index is 1.75. The molecule has 2 N–H and O–H groups in total. The van der Waals surface area contributed by atoms with Crippen molar-refractivity contribution in [1.29, 1.82) is 0 Å². The quantitative estimate of drug-likeness (QED) is 0.843. The van der Waals surface area contributed by atoms with Gasteiger partial charge in [-0.15, -0.1) is 0 Å². The molecule has 21 heavy (non-hydrogen) atoms. The van der Waals surface area contributed by atoms with E-state index in [9.17, 15) is 4.79 Å². The first-order valence-electron chi connectivity index (χ1n) is 7.74. The SMILES string of the molecule is CC(CN1CCC(C)C(N)C1)C(=O)OCc1ccccc1. The number of carbonyl (C=O) groups is 1. The molecule has 0 aromatic heterocycles. The van der Waals surface area contributed by atoms with Gasteiger partial charge in [0.15, 0.2) is 0 Å². The molecule has 1 heterocycles. The van der Waals surface area contributed by atoms with Crippen molar-refractivity contribution in [1.82, 2.24) is 4.90 Å². The summed E-state index contributed by atoms with van der Waals surface area (Å²) in [6.07, 6.45) is 1.10. The maximum Gasteiger partial charge on any atom is 0.310 e. The molecule has 0 amide bonds. The van der Waals surface area contributed by atoms with Crippen LogP contribution in [0.1, 0.15) is 25.8 Å². The van der Waals surface area contributed by atoms with Gasteiger partial charge >= 0.3 is 5.97 Å². The van der Waals surface area contributed by atoms with E-state index in [1.807, 2.05) is 37.3 Å². The van der Waals surface area contributed by atoms with Crippen LogP contribution in [0.15, 0.2) is 30.3 Å². The summed E-state index contributed by atoms with van der Waals surface area (Å²) in [4.78, 5) is 14.3. The van der Waals surface area contributed by atoms with Gasteiger partial charge in [0.05, 0.1) is 5.92 Å². The molecular weight excluding hydrogens is 264 g/mol. The number of esters is 1. The summed E-state index contributed by atoms with van der Waals surface area (Å²) >= 11 is 0. The Morgan fingerprint density at radius 2 is 2.14 bits per heavy atom. The molecule has 0 aliphatic carbocycles. The van der Waals surface area contributed by atoms with E-state index in [0.717, 1.165) is 31.6 Å². The van der Waals surface area contributed by atoms with Gasteiger partial charge in [0, 0.05) is 19.1 Å². The predicted molar refractivity (Wildman–Crippen MR) is 83.6 cm³/mol. The van der Waals surface area contributed by atoms with Crippen molar-refractivity contribution in [2.24, 2.45) is 17.6 Å². The third-order valence-corrected chi connectivity index (χ3v) is 4.26. The number of hydrogen-bond acceptors (Lipinski definition) is 4. The Morgan fingerprint density at radius 3 is 2.81 bits per heavy atom. The lowest BCUT2D eigenvalue weighted by atomic mass is 9.94. The van der Waals surface area contributed by atoms with E-state index in [0.29, 0.717) is 12.5 Å². The molecule has 3 unspecified atom stereocenters.